The van der Waals surface area contributed by atoms with Crippen LogP contribution in [0.15, 0.2) is 16.8 Å². The molecule has 0 aliphatic carbocycles. The van der Waals surface area contributed by atoms with Gasteiger partial charge in [0.05, 0.1) is 0 Å². The first-order valence-electron chi connectivity index (χ1n) is 3.76. The normalized spacial score (nSPS) is 27.0. The van der Waals surface area contributed by atoms with E-state index in [1.165, 1.54) is 11.1 Å². The zero-order valence-corrected chi connectivity index (χ0v) is 6.96. The van der Waals surface area contributed by atoms with Crippen molar-refractivity contribution in [2.75, 3.05) is 0 Å². The van der Waals surface area contributed by atoms with Gasteiger partial charge in [0.2, 0.25) is 6.29 Å². The van der Waals surface area contributed by atoms with E-state index >= 15 is 0 Å². The summed E-state index contributed by atoms with van der Waals surface area (Å²) in [6.45, 7) is 3.67. The summed E-state index contributed by atoms with van der Waals surface area (Å²) in [7, 11) is 0. The van der Waals surface area contributed by atoms with Crippen LogP contribution in [-0.4, -0.2) is 23.0 Å². The summed E-state index contributed by atoms with van der Waals surface area (Å²) in [6.07, 6.45) is 1.28. The van der Waals surface area contributed by atoms with Crippen LogP contribution in [0.1, 0.15) is 13.8 Å². The van der Waals surface area contributed by atoms with Gasteiger partial charge in [-0.1, -0.05) is 0 Å². The van der Waals surface area contributed by atoms with Crippen molar-refractivity contribution in [3.8, 4) is 0 Å². The van der Waals surface area contributed by atoms with Crippen LogP contribution in [0.4, 0.5) is 0 Å². The van der Waals surface area contributed by atoms with Gasteiger partial charge in [0.15, 0.2) is 0 Å². The fourth-order valence-corrected chi connectivity index (χ4v) is 1.28. The molecule has 2 rings (SSSR count). The van der Waals surface area contributed by atoms with Crippen LogP contribution in [0.25, 0.3) is 0 Å². The van der Waals surface area contributed by atoms with Gasteiger partial charge < -0.3 is 5.32 Å². The lowest BCUT2D eigenvalue weighted by molar-refractivity contribution is -0.130. The Morgan fingerprint density at radius 3 is 3.08 bits per heavy atom. The number of rotatable bonds is 0. The van der Waals surface area contributed by atoms with Gasteiger partial charge in [0.25, 0.3) is 5.91 Å². The third-order valence-corrected chi connectivity index (χ3v) is 1.78. The van der Waals surface area contributed by atoms with E-state index in [0.29, 0.717) is 0 Å². The highest BCUT2D eigenvalue weighted by atomic mass is 16.2. The van der Waals surface area contributed by atoms with Crippen molar-refractivity contribution in [3.05, 3.63) is 11.8 Å². The fourth-order valence-electron chi connectivity index (χ4n) is 1.28. The fraction of sp³-hybridized carbons (Fsp3) is 0.429. The molecule has 2 aliphatic rings. The minimum Gasteiger partial charge on any atom is -0.349 e. The molecule has 0 fully saturated rings. The number of nitrogens with one attached hydrogen (secondary N) is 2. The summed E-state index contributed by atoms with van der Waals surface area (Å²) >= 11 is 0. The highest BCUT2D eigenvalue weighted by Gasteiger charge is 2.30. The maximum Gasteiger partial charge on any atom is 0.270 e. The molecule has 0 saturated carbocycles. The molecule has 2 aliphatic heterocycles. The lowest BCUT2D eigenvalue weighted by Crippen LogP contribution is -2.52. The maximum atomic E-state index is 11.3. The number of amides is 1. The Morgan fingerprint density at radius 1 is 1.58 bits per heavy atom. The van der Waals surface area contributed by atoms with Crippen molar-refractivity contribution in [3.63, 3.8) is 0 Å². The van der Waals surface area contributed by atoms with Gasteiger partial charge in [-0.05, 0) is 13.8 Å². The van der Waals surface area contributed by atoms with E-state index < -0.39 is 0 Å². The number of allylic oxidation sites excluding steroid dienone is 1. The molecule has 0 aromatic rings. The molecule has 1 unspecified atom stereocenters. The average Bonchev–Trinajstić information content (AvgIpc) is 2.29. The molecule has 0 radical (unpaired) electrons. The topological polar surface area (TPSA) is 56.7 Å². The molecular formula is C7H10N4O. The van der Waals surface area contributed by atoms with Crippen LogP contribution in [0.2, 0.25) is 0 Å². The average molecular weight is 166 g/mol. The number of fused-ring (bicyclic) bond motifs is 1. The van der Waals surface area contributed by atoms with E-state index in [4.69, 9.17) is 0 Å². The number of hydrazine groups is 1. The molecule has 5 heteroatoms. The Labute approximate surface area is 70.1 Å². The zero-order chi connectivity index (χ0) is 8.72. The summed E-state index contributed by atoms with van der Waals surface area (Å²) in [4.78, 5) is 15.5. The van der Waals surface area contributed by atoms with Gasteiger partial charge in [0.1, 0.15) is 5.84 Å². The van der Waals surface area contributed by atoms with Crippen molar-refractivity contribution < 1.29 is 4.79 Å². The third kappa shape index (κ3) is 0.939. The molecule has 5 nitrogen and oxygen atoms in total. The van der Waals surface area contributed by atoms with Gasteiger partial charge in [0, 0.05) is 11.8 Å². The minimum atomic E-state index is -0.262. The Morgan fingerprint density at radius 2 is 2.33 bits per heavy atom. The first kappa shape index (κ1) is 7.15. The smallest absolute Gasteiger partial charge is 0.270 e. The highest BCUT2D eigenvalue weighted by molar-refractivity contribution is 5.93. The lowest BCUT2D eigenvalue weighted by atomic mass is 10.3. The summed E-state index contributed by atoms with van der Waals surface area (Å²) < 4.78 is 0. The number of nitrogens with zero attached hydrogens (tertiary/aromatic N) is 2. The second kappa shape index (κ2) is 2.23. The van der Waals surface area contributed by atoms with Crippen LogP contribution < -0.4 is 10.7 Å². The van der Waals surface area contributed by atoms with Crippen LogP contribution in [0.3, 0.4) is 0 Å². The molecule has 1 atom stereocenters. The molecule has 0 aromatic heterocycles. The maximum absolute atomic E-state index is 11.3. The van der Waals surface area contributed by atoms with Crippen molar-refractivity contribution in [2.45, 2.75) is 20.1 Å². The van der Waals surface area contributed by atoms with Gasteiger partial charge in [-0.2, -0.15) is 0 Å². The van der Waals surface area contributed by atoms with Gasteiger partial charge >= 0.3 is 0 Å². The number of aliphatic imine (C=N–C) groups is 1. The summed E-state index contributed by atoms with van der Waals surface area (Å²) in [5.74, 6) is 0.695. The van der Waals surface area contributed by atoms with Crippen LogP contribution >= 0.6 is 0 Å². The predicted octanol–water partition coefficient (Wildman–Crippen LogP) is -0.458. The molecule has 12 heavy (non-hydrogen) atoms. The zero-order valence-electron chi connectivity index (χ0n) is 6.96. The lowest BCUT2D eigenvalue weighted by Gasteiger charge is -2.27. The van der Waals surface area contributed by atoms with Gasteiger partial charge in [-0.15, -0.1) is 0 Å². The van der Waals surface area contributed by atoms with Gasteiger partial charge in [-0.25, -0.2) is 10.0 Å². The predicted molar refractivity (Wildman–Crippen MR) is 43.8 cm³/mol. The number of hydrogen-bond acceptors (Lipinski definition) is 4. The molecular weight excluding hydrogens is 156 g/mol. The number of carbonyl (C=O) groups is 1. The molecule has 0 saturated heterocycles. The Hall–Kier alpha value is -1.52. The van der Waals surface area contributed by atoms with E-state index in [2.05, 4.69) is 15.7 Å². The van der Waals surface area contributed by atoms with Crippen molar-refractivity contribution in [1.29, 1.82) is 0 Å². The minimum absolute atomic E-state index is 0.0585. The quantitative estimate of drug-likeness (QED) is 0.512. The molecule has 1 amide bonds. The van der Waals surface area contributed by atoms with Crippen LogP contribution in [0, 0.1) is 0 Å². The van der Waals surface area contributed by atoms with Crippen molar-refractivity contribution >= 4 is 11.7 Å². The monoisotopic (exact) mass is 166 g/mol. The second-order valence-corrected chi connectivity index (χ2v) is 2.88. The molecule has 64 valence electrons. The Balaban J connectivity index is 2.27. The second-order valence-electron chi connectivity index (χ2n) is 2.88. The summed E-state index contributed by atoms with van der Waals surface area (Å²) in [6, 6.07) is 0. The van der Waals surface area contributed by atoms with Crippen molar-refractivity contribution in [2.24, 2.45) is 4.99 Å². The van der Waals surface area contributed by atoms with E-state index in [1.807, 2.05) is 13.8 Å². The third-order valence-electron chi connectivity index (χ3n) is 1.78. The van der Waals surface area contributed by atoms with Crippen LogP contribution in [0.5, 0.6) is 0 Å². The molecule has 0 bridgehead atoms. The number of hydrogen-bond donors (Lipinski definition) is 2. The first-order valence-corrected chi connectivity index (χ1v) is 3.76. The van der Waals surface area contributed by atoms with E-state index in [9.17, 15) is 4.79 Å². The first-order chi connectivity index (χ1) is 5.66. The largest absolute Gasteiger partial charge is 0.349 e. The van der Waals surface area contributed by atoms with Crippen LogP contribution in [-0.2, 0) is 4.79 Å². The van der Waals surface area contributed by atoms with E-state index in [0.717, 1.165) is 11.5 Å². The number of amidine groups is 1. The van der Waals surface area contributed by atoms with E-state index in [-0.39, 0.29) is 12.2 Å². The molecule has 2 heterocycles. The standard InChI is InChI=1S/C7H10N4O/c1-4-3-6(12)11-7(8-4)9-5(2)10-11/h3,7-8H,1-2H3,(H,9,10). The Kier molecular flexibility index (Phi) is 1.33. The molecule has 0 spiro atoms. The van der Waals surface area contributed by atoms with Gasteiger partial charge in [-0.3, -0.25) is 10.2 Å². The number of carbonyl (C=O) groups excluding carboxylic acids is 1. The molecule has 0 aromatic carbocycles. The SMILES string of the molecule is CC1=CC(=O)N2NC(C)=NC2N1. The Bertz CT molecular complexity index is 294. The summed E-state index contributed by atoms with van der Waals surface area (Å²) in [5.41, 5.74) is 3.70. The van der Waals surface area contributed by atoms with Crippen molar-refractivity contribution in [1.82, 2.24) is 15.8 Å². The molecule has 2 N–H and O–H groups in total. The highest BCUT2D eigenvalue weighted by Crippen LogP contribution is 2.11. The summed E-state index contributed by atoms with van der Waals surface area (Å²) in [5, 5.41) is 4.52. The van der Waals surface area contributed by atoms with E-state index in [1.54, 1.807) is 0 Å².